The molecule has 2 N–H and O–H groups in total. The van der Waals surface area contributed by atoms with Crippen LogP contribution in [0.15, 0.2) is 0 Å². The molecule has 0 aromatic carbocycles. The lowest BCUT2D eigenvalue weighted by Gasteiger charge is -2.40. The second-order valence-electron chi connectivity index (χ2n) is 7.06. The molecule has 3 atom stereocenters. The molecule has 1 amide bonds. The van der Waals surface area contributed by atoms with Crippen LogP contribution in [-0.2, 0) is 4.79 Å². The zero-order chi connectivity index (χ0) is 16.3. The lowest BCUT2D eigenvalue weighted by molar-refractivity contribution is -0.124. The Labute approximate surface area is 133 Å². The van der Waals surface area contributed by atoms with Crippen LogP contribution in [0.5, 0.6) is 0 Å². The molecule has 0 aromatic rings. The van der Waals surface area contributed by atoms with E-state index in [-0.39, 0.29) is 12.0 Å². The molecule has 2 aliphatic rings. The van der Waals surface area contributed by atoms with Crippen molar-refractivity contribution < 1.29 is 9.90 Å². The first-order chi connectivity index (χ1) is 10.3. The van der Waals surface area contributed by atoms with Gasteiger partial charge in [0.1, 0.15) is 5.54 Å². The predicted molar refractivity (Wildman–Crippen MR) is 84.0 cm³/mol. The number of rotatable bonds is 6. The number of nitriles is 1. The molecule has 0 spiro atoms. The summed E-state index contributed by atoms with van der Waals surface area (Å²) in [7, 11) is 0. The minimum Gasteiger partial charge on any atom is -0.392 e. The fourth-order valence-electron chi connectivity index (χ4n) is 3.24. The standard InChI is InChI=1S/C16H28N4O2/c1-12-8-19(6-7-20(12)9-13(2)21)10-15(22)18-16(3,11-17)14-4-5-14/h12-14,21H,4-10H2,1-3H3,(H,18,22)/t12-,13-,16+/m0/s1. The van der Waals surface area contributed by atoms with Gasteiger partial charge in [0.2, 0.25) is 5.91 Å². The third-order valence-corrected chi connectivity index (χ3v) is 4.74. The number of aliphatic hydroxyl groups excluding tert-OH is 1. The number of β-amino-alcohol motifs (C(OH)–C–C–N with tert-alkyl or cyclic N) is 1. The van der Waals surface area contributed by atoms with E-state index in [0.717, 1.165) is 32.5 Å². The summed E-state index contributed by atoms with van der Waals surface area (Å²) < 4.78 is 0. The van der Waals surface area contributed by atoms with Gasteiger partial charge in [0.15, 0.2) is 0 Å². The summed E-state index contributed by atoms with van der Waals surface area (Å²) in [6.45, 7) is 9.25. The molecule has 2 fully saturated rings. The van der Waals surface area contributed by atoms with Crippen molar-refractivity contribution in [1.82, 2.24) is 15.1 Å². The molecule has 0 aromatic heterocycles. The van der Waals surface area contributed by atoms with Crippen LogP contribution in [-0.4, -0.2) is 71.2 Å². The van der Waals surface area contributed by atoms with E-state index in [1.807, 2.05) is 6.92 Å². The van der Waals surface area contributed by atoms with Gasteiger partial charge in [-0.1, -0.05) is 0 Å². The highest BCUT2D eigenvalue weighted by molar-refractivity contribution is 5.79. The van der Waals surface area contributed by atoms with Crippen LogP contribution >= 0.6 is 0 Å². The molecule has 0 radical (unpaired) electrons. The van der Waals surface area contributed by atoms with Crippen LogP contribution in [0.25, 0.3) is 0 Å². The average molecular weight is 308 g/mol. The quantitative estimate of drug-likeness (QED) is 0.732. The Morgan fingerprint density at radius 3 is 2.68 bits per heavy atom. The van der Waals surface area contributed by atoms with E-state index in [2.05, 4.69) is 28.1 Å². The van der Waals surface area contributed by atoms with Gasteiger partial charge in [-0.05, 0) is 39.5 Å². The van der Waals surface area contributed by atoms with Crippen LogP contribution in [0.2, 0.25) is 0 Å². The Morgan fingerprint density at radius 2 is 2.18 bits per heavy atom. The smallest absolute Gasteiger partial charge is 0.235 e. The van der Waals surface area contributed by atoms with Crippen molar-refractivity contribution in [3.05, 3.63) is 0 Å². The Hall–Kier alpha value is -1.16. The van der Waals surface area contributed by atoms with Gasteiger partial charge in [0.25, 0.3) is 0 Å². The third-order valence-electron chi connectivity index (χ3n) is 4.74. The molecule has 1 saturated carbocycles. The summed E-state index contributed by atoms with van der Waals surface area (Å²) >= 11 is 0. The molecule has 22 heavy (non-hydrogen) atoms. The fourth-order valence-corrected chi connectivity index (χ4v) is 3.24. The molecule has 2 rings (SSSR count). The number of hydrogen-bond donors (Lipinski definition) is 2. The van der Waals surface area contributed by atoms with Crippen molar-refractivity contribution in [3.63, 3.8) is 0 Å². The summed E-state index contributed by atoms with van der Waals surface area (Å²) in [5.41, 5.74) is -0.711. The van der Waals surface area contributed by atoms with Crippen molar-refractivity contribution in [2.45, 2.75) is 51.3 Å². The molecule has 6 heteroatoms. The molecule has 1 aliphatic carbocycles. The molecular weight excluding hydrogens is 280 g/mol. The van der Waals surface area contributed by atoms with Crippen molar-refractivity contribution in [2.75, 3.05) is 32.7 Å². The number of nitrogens with zero attached hydrogens (tertiary/aromatic N) is 3. The first-order valence-electron chi connectivity index (χ1n) is 8.21. The van der Waals surface area contributed by atoms with Gasteiger partial charge in [-0.2, -0.15) is 5.26 Å². The Bertz CT molecular complexity index is 444. The molecule has 1 aliphatic heterocycles. The van der Waals surface area contributed by atoms with Gasteiger partial charge < -0.3 is 10.4 Å². The summed E-state index contributed by atoms with van der Waals surface area (Å²) in [4.78, 5) is 16.6. The van der Waals surface area contributed by atoms with Crippen LogP contribution in [0, 0.1) is 17.2 Å². The van der Waals surface area contributed by atoms with E-state index in [9.17, 15) is 15.2 Å². The number of piperazine rings is 1. The maximum absolute atomic E-state index is 12.2. The molecule has 1 saturated heterocycles. The lowest BCUT2D eigenvalue weighted by atomic mass is 9.98. The highest BCUT2D eigenvalue weighted by Crippen LogP contribution is 2.39. The fraction of sp³-hybridized carbons (Fsp3) is 0.875. The monoisotopic (exact) mass is 308 g/mol. The Kier molecular flexibility index (Phi) is 5.43. The number of amides is 1. The maximum atomic E-state index is 12.2. The second-order valence-corrected chi connectivity index (χ2v) is 7.06. The summed E-state index contributed by atoms with van der Waals surface area (Å²) in [6, 6.07) is 2.58. The Morgan fingerprint density at radius 1 is 1.50 bits per heavy atom. The van der Waals surface area contributed by atoms with Gasteiger partial charge in [0.05, 0.1) is 18.7 Å². The van der Waals surface area contributed by atoms with E-state index >= 15 is 0 Å². The number of aliphatic hydroxyl groups is 1. The van der Waals surface area contributed by atoms with Gasteiger partial charge in [0, 0.05) is 32.2 Å². The molecule has 0 unspecified atom stereocenters. The topological polar surface area (TPSA) is 79.6 Å². The average Bonchev–Trinajstić information content (AvgIpc) is 3.26. The molecule has 1 heterocycles. The van der Waals surface area contributed by atoms with Gasteiger partial charge in [-0.25, -0.2) is 0 Å². The first-order valence-corrected chi connectivity index (χ1v) is 8.21. The minimum absolute atomic E-state index is 0.0628. The lowest BCUT2D eigenvalue weighted by Crippen LogP contribution is -2.56. The number of nitrogens with one attached hydrogen (secondary N) is 1. The summed E-state index contributed by atoms with van der Waals surface area (Å²) in [6.07, 6.45) is 1.73. The van der Waals surface area contributed by atoms with Crippen molar-refractivity contribution >= 4 is 5.91 Å². The highest BCUT2D eigenvalue weighted by atomic mass is 16.3. The van der Waals surface area contributed by atoms with Gasteiger partial charge >= 0.3 is 0 Å². The van der Waals surface area contributed by atoms with Crippen molar-refractivity contribution in [3.8, 4) is 6.07 Å². The SMILES string of the molecule is C[C@H](O)CN1CCN(CC(=O)N[C@](C)(C#N)C2CC2)C[C@@H]1C. The zero-order valence-electron chi connectivity index (χ0n) is 13.9. The summed E-state index contributed by atoms with van der Waals surface area (Å²) in [5.74, 6) is 0.246. The van der Waals surface area contributed by atoms with Gasteiger partial charge in [-0.3, -0.25) is 14.6 Å². The first kappa shape index (κ1) is 17.2. The molecule has 6 nitrogen and oxygen atoms in total. The highest BCUT2D eigenvalue weighted by Gasteiger charge is 2.43. The van der Waals surface area contributed by atoms with E-state index in [4.69, 9.17) is 0 Å². The molecule has 124 valence electrons. The number of carbonyl (C=O) groups is 1. The van der Waals surface area contributed by atoms with Crippen molar-refractivity contribution in [1.29, 1.82) is 5.26 Å². The van der Waals surface area contributed by atoms with E-state index in [0.29, 0.717) is 25.0 Å². The van der Waals surface area contributed by atoms with E-state index < -0.39 is 5.54 Å². The normalized spacial score (nSPS) is 27.7. The molecular formula is C16H28N4O2. The third kappa shape index (κ3) is 4.42. The predicted octanol–water partition coefficient (Wildman–Crippen LogP) is 0.182. The van der Waals surface area contributed by atoms with Crippen LogP contribution in [0.3, 0.4) is 0 Å². The largest absolute Gasteiger partial charge is 0.392 e. The molecule has 0 bridgehead atoms. The van der Waals surface area contributed by atoms with Crippen LogP contribution < -0.4 is 5.32 Å². The Balaban J connectivity index is 1.80. The number of carbonyl (C=O) groups excluding carboxylic acids is 1. The number of hydrogen-bond acceptors (Lipinski definition) is 5. The second kappa shape index (κ2) is 6.95. The van der Waals surface area contributed by atoms with Crippen molar-refractivity contribution in [2.24, 2.45) is 5.92 Å². The van der Waals surface area contributed by atoms with Crippen LogP contribution in [0.4, 0.5) is 0 Å². The van der Waals surface area contributed by atoms with Gasteiger partial charge in [-0.15, -0.1) is 0 Å². The van der Waals surface area contributed by atoms with E-state index in [1.54, 1.807) is 6.92 Å². The van der Waals surface area contributed by atoms with E-state index in [1.165, 1.54) is 0 Å². The minimum atomic E-state index is -0.711. The zero-order valence-corrected chi connectivity index (χ0v) is 13.9. The van der Waals surface area contributed by atoms with Crippen LogP contribution in [0.1, 0.15) is 33.6 Å². The summed E-state index contributed by atoms with van der Waals surface area (Å²) in [5, 5.41) is 21.7. The maximum Gasteiger partial charge on any atom is 0.235 e.